The van der Waals surface area contributed by atoms with Crippen LogP contribution in [0.3, 0.4) is 0 Å². The number of rotatable bonds is 0. The molecule has 0 aliphatic heterocycles. The van der Waals surface area contributed by atoms with Gasteiger partial charge < -0.3 is 14.6 Å². The van der Waals surface area contributed by atoms with E-state index in [0.29, 0.717) is 0 Å². The summed E-state index contributed by atoms with van der Waals surface area (Å²) < 4.78 is 4.24. The molecule has 1 aromatic rings. The van der Waals surface area contributed by atoms with E-state index < -0.39 is 17.1 Å². The lowest BCUT2D eigenvalue weighted by molar-refractivity contribution is 0.288. The second-order valence-electron chi connectivity index (χ2n) is 1.44. The third kappa shape index (κ3) is 0.861. The van der Waals surface area contributed by atoms with Gasteiger partial charge in [-0.3, -0.25) is 4.79 Å². The van der Waals surface area contributed by atoms with Crippen molar-refractivity contribution in [3.8, 4) is 11.7 Å². The summed E-state index contributed by atoms with van der Waals surface area (Å²) in [5.41, 5.74) is -0.654. The molecule has 1 aromatic heterocycles. The van der Waals surface area contributed by atoms with Crippen molar-refractivity contribution in [2.75, 3.05) is 0 Å². The van der Waals surface area contributed by atoms with Crippen LogP contribution in [0.4, 0.5) is 0 Å². The van der Waals surface area contributed by atoms with Crippen molar-refractivity contribution in [1.82, 2.24) is 0 Å². The molecule has 0 aromatic carbocycles. The fraction of sp³-hybridized carbons (Fsp3) is 0. The minimum absolute atomic E-state index is 0.654. The van der Waals surface area contributed by atoms with Crippen LogP contribution in [0, 0.1) is 0 Å². The van der Waals surface area contributed by atoms with Crippen molar-refractivity contribution in [2.45, 2.75) is 0 Å². The van der Waals surface area contributed by atoms with E-state index in [9.17, 15) is 4.79 Å². The summed E-state index contributed by atoms with van der Waals surface area (Å²) in [6.07, 6.45) is 0.997. The van der Waals surface area contributed by atoms with Crippen LogP contribution in [0.15, 0.2) is 21.5 Å². The summed E-state index contributed by atoms with van der Waals surface area (Å²) in [5.74, 6) is -1.50. The van der Waals surface area contributed by atoms with Gasteiger partial charge in [0.1, 0.15) is 0 Å². The van der Waals surface area contributed by atoms with Crippen LogP contribution in [-0.4, -0.2) is 10.2 Å². The Kier molecular flexibility index (Phi) is 1.14. The fourth-order valence-electron chi connectivity index (χ4n) is 0.400. The van der Waals surface area contributed by atoms with E-state index in [4.69, 9.17) is 10.2 Å². The molecule has 0 aliphatic carbocycles. The molecule has 0 saturated heterocycles. The summed E-state index contributed by atoms with van der Waals surface area (Å²) in [4.78, 5) is 10.4. The predicted octanol–water partition coefficient (Wildman–Crippen LogP) is 0.0510. The molecule has 0 amide bonds. The molecule has 0 radical (unpaired) electrons. The number of hydrogen-bond donors (Lipinski definition) is 2. The van der Waals surface area contributed by atoms with E-state index in [1.807, 2.05) is 0 Å². The zero-order valence-corrected chi connectivity index (χ0v) is 4.37. The zero-order valence-electron chi connectivity index (χ0n) is 4.37. The maximum absolute atomic E-state index is 10.4. The molecule has 0 saturated carbocycles. The first kappa shape index (κ1) is 5.68. The minimum Gasteiger partial charge on any atom is -0.499 e. The molecule has 0 bridgehead atoms. The third-order valence-corrected chi connectivity index (χ3v) is 0.835. The molecule has 2 N–H and O–H groups in total. The molecule has 0 atom stereocenters. The first-order valence-corrected chi connectivity index (χ1v) is 2.21. The van der Waals surface area contributed by atoms with E-state index in [1.165, 1.54) is 0 Å². The minimum atomic E-state index is -0.752. The Balaban J connectivity index is 3.43. The van der Waals surface area contributed by atoms with Crippen molar-refractivity contribution in [2.24, 2.45) is 0 Å². The molecule has 9 heavy (non-hydrogen) atoms. The van der Waals surface area contributed by atoms with Crippen molar-refractivity contribution in [3.05, 3.63) is 22.6 Å². The maximum Gasteiger partial charge on any atom is 0.330 e. The summed E-state index contributed by atoms with van der Waals surface area (Å²) in [6, 6.07) is 1.01. The summed E-state index contributed by atoms with van der Waals surface area (Å²) in [6.45, 7) is 0. The molecule has 1 rings (SSSR count). The van der Waals surface area contributed by atoms with Crippen LogP contribution in [0.5, 0.6) is 11.7 Å². The first-order chi connectivity index (χ1) is 4.22. The standard InChI is InChI=1S/C5H4O4/c6-3-1-2-9-5(8)4(3)7/h1-2,7-8H. The molecular weight excluding hydrogens is 124 g/mol. The molecule has 0 spiro atoms. The highest BCUT2D eigenvalue weighted by Gasteiger charge is 2.02. The maximum atomic E-state index is 10.4. The average Bonchev–Trinajstić information content (AvgIpc) is 1.83. The average molecular weight is 128 g/mol. The molecule has 1 heterocycles. The lowest BCUT2D eigenvalue weighted by Crippen LogP contribution is -1.95. The van der Waals surface area contributed by atoms with E-state index in [2.05, 4.69) is 4.42 Å². The molecule has 0 unspecified atom stereocenters. The van der Waals surface area contributed by atoms with E-state index in [-0.39, 0.29) is 0 Å². The predicted molar refractivity (Wildman–Crippen MR) is 28.3 cm³/mol. The van der Waals surface area contributed by atoms with Crippen LogP contribution in [0.1, 0.15) is 0 Å². The van der Waals surface area contributed by atoms with Crippen molar-refractivity contribution in [3.63, 3.8) is 0 Å². The number of aromatic hydroxyl groups is 2. The Labute approximate surface area is 50.0 Å². The summed E-state index contributed by atoms with van der Waals surface area (Å²) in [7, 11) is 0. The summed E-state index contributed by atoms with van der Waals surface area (Å²) in [5, 5.41) is 17.0. The summed E-state index contributed by atoms with van der Waals surface area (Å²) >= 11 is 0. The van der Waals surface area contributed by atoms with Gasteiger partial charge in [-0.25, -0.2) is 0 Å². The van der Waals surface area contributed by atoms with Crippen LogP contribution >= 0.6 is 0 Å². The third-order valence-electron chi connectivity index (χ3n) is 0.835. The zero-order chi connectivity index (χ0) is 6.85. The quantitative estimate of drug-likeness (QED) is 0.518. The van der Waals surface area contributed by atoms with Crippen LogP contribution in [0.25, 0.3) is 0 Å². The highest BCUT2D eigenvalue weighted by Crippen LogP contribution is 2.16. The van der Waals surface area contributed by atoms with Crippen LogP contribution in [-0.2, 0) is 0 Å². The van der Waals surface area contributed by atoms with Gasteiger partial charge in [0, 0.05) is 6.07 Å². The van der Waals surface area contributed by atoms with E-state index in [1.54, 1.807) is 0 Å². The second-order valence-corrected chi connectivity index (χ2v) is 1.44. The van der Waals surface area contributed by atoms with Crippen molar-refractivity contribution >= 4 is 0 Å². The molecule has 48 valence electrons. The van der Waals surface area contributed by atoms with Crippen LogP contribution in [0.2, 0.25) is 0 Å². The van der Waals surface area contributed by atoms with Gasteiger partial charge in [0.25, 0.3) is 0 Å². The van der Waals surface area contributed by atoms with Gasteiger partial charge in [-0.05, 0) is 0 Å². The second kappa shape index (κ2) is 1.81. The molecule has 4 nitrogen and oxygen atoms in total. The van der Waals surface area contributed by atoms with Gasteiger partial charge in [-0.1, -0.05) is 0 Å². The SMILES string of the molecule is O=c1ccoc(O)c1O. The molecule has 4 heteroatoms. The Morgan fingerprint density at radius 3 is 2.56 bits per heavy atom. The fourth-order valence-corrected chi connectivity index (χ4v) is 0.400. The molecular formula is C5H4O4. The lowest BCUT2D eigenvalue weighted by Gasteiger charge is -1.89. The highest BCUT2D eigenvalue weighted by molar-refractivity contribution is 5.25. The van der Waals surface area contributed by atoms with E-state index >= 15 is 0 Å². The van der Waals surface area contributed by atoms with Gasteiger partial charge in [0.15, 0.2) is 0 Å². The Bertz CT molecular complexity index is 262. The van der Waals surface area contributed by atoms with Gasteiger partial charge >= 0.3 is 5.95 Å². The molecule has 0 fully saturated rings. The number of hydrogen-bond acceptors (Lipinski definition) is 4. The molecule has 0 aliphatic rings. The van der Waals surface area contributed by atoms with Gasteiger partial charge in [0.05, 0.1) is 6.26 Å². The van der Waals surface area contributed by atoms with Gasteiger partial charge in [-0.2, -0.15) is 0 Å². The van der Waals surface area contributed by atoms with Crippen molar-refractivity contribution in [1.29, 1.82) is 0 Å². The van der Waals surface area contributed by atoms with Gasteiger partial charge in [0.2, 0.25) is 11.2 Å². The topological polar surface area (TPSA) is 70.7 Å². The van der Waals surface area contributed by atoms with E-state index in [0.717, 1.165) is 12.3 Å². The monoisotopic (exact) mass is 128 g/mol. The Morgan fingerprint density at radius 2 is 2.11 bits per heavy atom. The Hall–Kier alpha value is -1.45. The van der Waals surface area contributed by atoms with Crippen molar-refractivity contribution < 1.29 is 14.6 Å². The van der Waals surface area contributed by atoms with Crippen LogP contribution < -0.4 is 5.43 Å². The lowest BCUT2D eigenvalue weighted by atomic mass is 10.5. The Morgan fingerprint density at radius 1 is 1.44 bits per heavy atom. The smallest absolute Gasteiger partial charge is 0.330 e. The highest BCUT2D eigenvalue weighted by atomic mass is 16.5. The first-order valence-electron chi connectivity index (χ1n) is 2.21. The largest absolute Gasteiger partial charge is 0.499 e. The van der Waals surface area contributed by atoms with Gasteiger partial charge in [-0.15, -0.1) is 0 Å². The normalized spacial score (nSPS) is 9.33.